The van der Waals surface area contributed by atoms with Crippen molar-refractivity contribution in [2.75, 3.05) is 26.2 Å². The molecular formula is C15H26N2S. The lowest BCUT2D eigenvalue weighted by Crippen LogP contribution is -2.41. The largest absolute Gasteiger partial charge is 0.311 e. The fourth-order valence-corrected chi connectivity index (χ4v) is 3.44. The summed E-state index contributed by atoms with van der Waals surface area (Å²) in [6.07, 6.45) is 1.37. The highest BCUT2D eigenvalue weighted by Crippen LogP contribution is 2.21. The van der Waals surface area contributed by atoms with Gasteiger partial charge < -0.3 is 10.2 Å². The first-order valence-electron chi connectivity index (χ1n) is 7.13. The summed E-state index contributed by atoms with van der Waals surface area (Å²) < 4.78 is 0. The second-order valence-corrected chi connectivity index (χ2v) is 7.11. The maximum absolute atomic E-state index is 3.56. The van der Waals surface area contributed by atoms with E-state index in [0.29, 0.717) is 0 Å². The first-order valence-corrected chi connectivity index (χ1v) is 7.95. The summed E-state index contributed by atoms with van der Waals surface area (Å²) in [6.45, 7) is 12.8. The zero-order chi connectivity index (χ0) is 13.0. The van der Waals surface area contributed by atoms with E-state index >= 15 is 0 Å². The molecule has 3 heteroatoms. The summed E-state index contributed by atoms with van der Waals surface area (Å²) in [6, 6.07) is 4.44. The number of thiophene rings is 1. The third-order valence-electron chi connectivity index (χ3n) is 4.12. The fourth-order valence-electron chi connectivity index (χ4n) is 2.58. The predicted molar refractivity (Wildman–Crippen MR) is 80.1 cm³/mol. The van der Waals surface area contributed by atoms with E-state index in [9.17, 15) is 0 Å². The van der Waals surface area contributed by atoms with E-state index in [-0.39, 0.29) is 0 Å². The maximum Gasteiger partial charge on any atom is 0.0300 e. The molecule has 0 bridgehead atoms. The standard InChI is InChI=1S/C15H26N2S/c1-12-6-8-17(11-13(12)2)9-7-16-10-15-5-4-14(3)18-15/h4-5,12-13,16H,6-11H2,1-3H3. The van der Waals surface area contributed by atoms with Crippen molar-refractivity contribution in [2.45, 2.75) is 33.7 Å². The van der Waals surface area contributed by atoms with E-state index in [4.69, 9.17) is 0 Å². The molecule has 18 heavy (non-hydrogen) atoms. The van der Waals surface area contributed by atoms with Gasteiger partial charge in [-0.3, -0.25) is 0 Å². The smallest absolute Gasteiger partial charge is 0.0300 e. The van der Waals surface area contributed by atoms with Gasteiger partial charge in [-0.1, -0.05) is 13.8 Å². The van der Waals surface area contributed by atoms with Gasteiger partial charge in [-0.25, -0.2) is 0 Å². The Bertz CT molecular complexity index is 361. The summed E-state index contributed by atoms with van der Waals surface area (Å²) >= 11 is 1.90. The average molecular weight is 266 g/mol. The van der Waals surface area contributed by atoms with E-state index in [1.54, 1.807) is 0 Å². The van der Waals surface area contributed by atoms with Gasteiger partial charge in [0.05, 0.1) is 0 Å². The molecule has 1 aromatic heterocycles. The van der Waals surface area contributed by atoms with Crippen molar-refractivity contribution < 1.29 is 0 Å². The van der Waals surface area contributed by atoms with Gasteiger partial charge in [0.2, 0.25) is 0 Å². The molecule has 2 unspecified atom stereocenters. The molecule has 0 amide bonds. The van der Waals surface area contributed by atoms with Crippen molar-refractivity contribution >= 4 is 11.3 Å². The van der Waals surface area contributed by atoms with Crippen LogP contribution >= 0.6 is 11.3 Å². The molecular weight excluding hydrogens is 240 g/mol. The van der Waals surface area contributed by atoms with E-state index in [0.717, 1.165) is 24.9 Å². The average Bonchev–Trinajstić information content (AvgIpc) is 2.75. The Morgan fingerprint density at radius 3 is 2.83 bits per heavy atom. The number of rotatable bonds is 5. The molecule has 1 aliphatic heterocycles. The highest BCUT2D eigenvalue weighted by atomic mass is 32.1. The summed E-state index contributed by atoms with van der Waals surface area (Å²) in [7, 11) is 0. The Hall–Kier alpha value is -0.380. The molecule has 1 fully saturated rings. The van der Waals surface area contributed by atoms with Crippen LogP contribution < -0.4 is 5.32 Å². The lowest BCUT2D eigenvalue weighted by molar-refractivity contribution is 0.139. The second kappa shape index (κ2) is 6.69. The lowest BCUT2D eigenvalue weighted by atomic mass is 9.89. The highest BCUT2D eigenvalue weighted by Gasteiger charge is 2.21. The fraction of sp³-hybridized carbons (Fsp3) is 0.733. The number of piperidine rings is 1. The van der Waals surface area contributed by atoms with Crippen molar-refractivity contribution in [3.05, 3.63) is 21.9 Å². The van der Waals surface area contributed by atoms with E-state index in [1.807, 2.05) is 11.3 Å². The van der Waals surface area contributed by atoms with Crippen LogP contribution in [0.2, 0.25) is 0 Å². The first-order chi connectivity index (χ1) is 8.65. The second-order valence-electron chi connectivity index (χ2n) is 5.73. The normalized spacial score (nSPS) is 25.5. The Labute approximate surface area is 115 Å². The zero-order valence-corrected chi connectivity index (χ0v) is 12.7. The molecule has 0 aliphatic carbocycles. The van der Waals surface area contributed by atoms with Crippen LogP contribution in [-0.2, 0) is 6.54 Å². The highest BCUT2D eigenvalue weighted by molar-refractivity contribution is 7.11. The van der Waals surface area contributed by atoms with Crippen LogP contribution in [0.15, 0.2) is 12.1 Å². The number of hydrogen-bond acceptors (Lipinski definition) is 3. The molecule has 2 rings (SSSR count). The van der Waals surface area contributed by atoms with Crippen molar-refractivity contribution in [1.29, 1.82) is 0 Å². The van der Waals surface area contributed by atoms with Crippen molar-refractivity contribution in [3.8, 4) is 0 Å². The third-order valence-corrected chi connectivity index (χ3v) is 5.12. The number of likely N-dealkylation sites (tertiary alicyclic amines) is 1. The van der Waals surface area contributed by atoms with Crippen molar-refractivity contribution in [3.63, 3.8) is 0 Å². The predicted octanol–water partition coefficient (Wildman–Crippen LogP) is 3.12. The molecule has 1 N–H and O–H groups in total. The molecule has 2 atom stereocenters. The Balaban J connectivity index is 1.61. The zero-order valence-electron chi connectivity index (χ0n) is 11.9. The Kier molecular flexibility index (Phi) is 5.22. The Morgan fingerprint density at radius 2 is 2.17 bits per heavy atom. The number of nitrogens with one attached hydrogen (secondary N) is 1. The van der Waals surface area contributed by atoms with Crippen LogP contribution in [0.25, 0.3) is 0 Å². The van der Waals surface area contributed by atoms with E-state index in [2.05, 4.69) is 43.1 Å². The van der Waals surface area contributed by atoms with Crippen LogP contribution in [0, 0.1) is 18.8 Å². The van der Waals surface area contributed by atoms with Gasteiger partial charge in [0.1, 0.15) is 0 Å². The monoisotopic (exact) mass is 266 g/mol. The minimum absolute atomic E-state index is 0.860. The van der Waals surface area contributed by atoms with E-state index < -0.39 is 0 Å². The minimum atomic E-state index is 0.860. The van der Waals surface area contributed by atoms with Crippen LogP contribution in [0.5, 0.6) is 0 Å². The van der Waals surface area contributed by atoms with Crippen molar-refractivity contribution in [1.82, 2.24) is 10.2 Å². The van der Waals surface area contributed by atoms with Crippen LogP contribution in [-0.4, -0.2) is 31.1 Å². The summed E-state index contributed by atoms with van der Waals surface area (Å²) in [5.41, 5.74) is 0. The first kappa shape index (κ1) is 14.0. The minimum Gasteiger partial charge on any atom is -0.311 e. The SMILES string of the molecule is Cc1ccc(CNCCN2CCC(C)C(C)C2)s1. The molecule has 1 aliphatic rings. The van der Waals surface area contributed by atoms with Crippen LogP contribution in [0.3, 0.4) is 0 Å². The van der Waals surface area contributed by atoms with Gasteiger partial charge >= 0.3 is 0 Å². The number of nitrogens with zero attached hydrogens (tertiary/aromatic N) is 1. The molecule has 2 nitrogen and oxygen atoms in total. The molecule has 2 heterocycles. The van der Waals surface area contributed by atoms with Gasteiger partial charge in [-0.15, -0.1) is 11.3 Å². The molecule has 0 spiro atoms. The molecule has 0 aromatic carbocycles. The summed E-state index contributed by atoms with van der Waals surface area (Å²) in [5.74, 6) is 1.77. The molecule has 1 aromatic rings. The van der Waals surface area contributed by atoms with Crippen LogP contribution in [0.4, 0.5) is 0 Å². The van der Waals surface area contributed by atoms with Gasteiger partial charge in [0.25, 0.3) is 0 Å². The maximum atomic E-state index is 3.56. The van der Waals surface area contributed by atoms with Gasteiger partial charge in [0, 0.05) is 35.9 Å². The molecule has 102 valence electrons. The van der Waals surface area contributed by atoms with Crippen LogP contribution in [0.1, 0.15) is 30.0 Å². The van der Waals surface area contributed by atoms with Crippen molar-refractivity contribution in [2.24, 2.45) is 11.8 Å². The third kappa shape index (κ3) is 4.08. The van der Waals surface area contributed by atoms with Gasteiger partial charge in [0.15, 0.2) is 0 Å². The molecule has 0 radical (unpaired) electrons. The topological polar surface area (TPSA) is 15.3 Å². The number of aryl methyl sites for hydroxylation is 1. The lowest BCUT2D eigenvalue weighted by Gasteiger charge is -2.35. The quantitative estimate of drug-likeness (QED) is 0.824. The van der Waals surface area contributed by atoms with Gasteiger partial charge in [-0.05, 0) is 43.9 Å². The molecule has 1 saturated heterocycles. The Morgan fingerprint density at radius 1 is 1.33 bits per heavy atom. The number of hydrogen-bond donors (Lipinski definition) is 1. The summed E-state index contributed by atoms with van der Waals surface area (Å²) in [4.78, 5) is 5.47. The summed E-state index contributed by atoms with van der Waals surface area (Å²) in [5, 5.41) is 3.56. The molecule has 0 saturated carbocycles. The van der Waals surface area contributed by atoms with E-state index in [1.165, 1.54) is 35.8 Å². The van der Waals surface area contributed by atoms with Gasteiger partial charge in [-0.2, -0.15) is 0 Å².